The second-order valence-corrected chi connectivity index (χ2v) is 11.3. The van der Waals surface area contributed by atoms with Crippen molar-refractivity contribution >= 4 is 32.3 Å². The minimum Gasteiger partial charge on any atom is -0.336 e. The summed E-state index contributed by atoms with van der Waals surface area (Å²) in [5.41, 5.74) is -0.0867. The molecule has 3 aliphatic carbocycles. The van der Waals surface area contributed by atoms with E-state index < -0.39 is 17.7 Å². The molecule has 0 spiro atoms. The van der Waals surface area contributed by atoms with Crippen LogP contribution in [0.25, 0.3) is 0 Å². The van der Waals surface area contributed by atoms with Gasteiger partial charge in [0.2, 0.25) is 5.91 Å². The molecule has 1 aromatic heterocycles. The molecule has 0 radical (unpaired) electrons. The lowest BCUT2D eigenvalue weighted by Crippen LogP contribution is -2.47. The Balaban J connectivity index is 1.35. The smallest absolute Gasteiger partial charge is 0.336 e. The summed E-state index contributed by atoms with van der Waals surface area (Å²) in [4.78, 5) is 27.1. The number of halogens is 5. The number of carbonyl (C=O) groups excluding carboxylic acids is 2. The standard InChI is InChI=1S/C25H26F4IN3O2/c26-17-3-1-16(2-4-17)14-33-19-15-32(12-5-18(19)21(31-33)25(27,28)29)20(34)13-23-6-9-24(10-7-23,11-8-23)22(30)35/h1-4H,5-15H2. The molecule has 3 fully saturated rings. The second-order valence-electron chi connectivity index (χ2n) is 10.4. The fourth-order valence-electron chi connectivity index (χ4n) is 6.07. The van der Waals surface area contributed by atoms with Crippen LogP contribution in [0.1, 0.15) is 67.5 Å². The van der Waals surface area contributed by atoms with E-state index in [9.17, 15) is 27.2 Å². The van der Waals surface area contributed by atoms with Crippen molar-refractivity contribution in [2.75, 3.05) is 6.54 Å². The van der Waals surface area contributed by atoms with Crippen molar-refractivity contribution in [3.63, 3.8) is 0 Å². The topological polar surface area (TPSA) is 55.2 Å². The number of hydrogen-bond donors (Lipinski definition) is 0. The Morgan fingerprint density at radius 3 is 2.23 bits per heavy atom. The minimum atomic E-state index is -4.59. The van der Waals surface area contributed by atoms with Gasteiger partial charge in [-0.15, -0.1) is 0 Å². The zero-order valence-electron chi connectivity index (χ0n) is 19.1. The van der Waals surface area contributed by atoms with Crippen LogP contribution in [0.15, 0.2) is 24.3 Å². The predicted octanol–water partition coefficient (Wildman–Crippen LogP) is 5.67. The maximum atomic E-state index is 13.7. The van der Waals surface area contributed by atoms with Crippen LogP contribution in [0.3, 0.4) is 0 Å². The molecule has 0 N–H and O–H groups in total. The largest absolute Gasteiger partial charge is 0.435 e. The molecule has 5 nitrogen and oxygen atoms in total. The normalized spacial score (nSPS) is 26.0. The number of amides is 1. The van der Waals surface area contributed by atoms with Crippen LogP contribution in [0.4, 0.5) is 17.6 Å². The summed E-state index contributed by atoms with van der Waals surface area (Å²) in [5, 5.41) is 3.88. The van der Waals surface area contributed by atoms with Gasteiger partial charge >= 0.3 is 6.18 Å². The first-order chi connectivity index (χ1) is 16.5. The Hall–Kier alpha value is -1.98. The molecule has 188 valence electrons. The van der Waals surface area contributed by atoms with Crippen LogP contribution >= 0.6 is 22.6 Å². The van der Waals surface area contributed by atoms with Crippen molar-refractivity contribution in [3.05, 3.63) is 52.6 Å². The van der Waals surface area contributed by atoms with Crippen LogP contribution in [-0.2, 0) is 35.3 Å². The highest BCUT2D eigenvalue weighted by Crippen LogP contribution is 2.59. The Labute approximate surface area is 214 Å². The summed E-state index contributed by atoms with van der Waals surface area (Å²) in [5.74, 6) is -0.470. The van der Waals surface area contributed by atoms with Crippen molar-refractivity contribution < 1.29 is 27.2 Å². The van der Waals surface area contributed by atoms with Gasteiger partial charge in [-0.1, -0.05) is 12.1 Å². The zero-order valence-corrected chi connectivity index (χ0v) is 21.3. The summed E-state index contributed by atoms with van der Waals surface area (Å²) in [6.45, 7) is 0.366. The van der Waals surface area contributed by atoms with Gasteiger partial charge in [-0.2, -0.15) is 18.3 Å². The summed E-state index contributed by atoms with van der Waals surface area (Å²) in [6.07, 6.45) is 0.831. The summed E-state index contributed by atoms with van der Waals surface area (Å²) in [7, 11) is 0. The Morgan fingerprint density at radius 2 is 1.66 bits per heavy atom. The van der Waals surface area contributed by atoms with Crippen LogP contribution < -0.4 is 0 Å². The van der Waals surface area contributed by atoms with E-state index in [2.05, 4.69) is 5.10 Å². The maximum Gasteiger partial charge on any atom is 0.435 e. The van der Waals surface area contributed by atoms with Gasteiger partial charge in [0, 0.05) is 46.5 Å². The van der Waals surface area contributed by atoms with E-state index in [4.69, 9.17) is 0 Å². The van der Waals surface area contributed by atoms with Gasteiger partial charge in [-0.25, -0.2) is 4.39 Å². The lowest BCUT2D eigenvalue weighted by atomic mass is 9.53. The molecule has 6 rings (SSSR count). The van der Waals surface area contributed by atoms with Crippen LogP contribution in [0, 0.1) is 16.6 Å². The van der Waals surface area contributed by atoms with Gasteiger partial charge in [0.1, 0.15) is 5.82 Å². The molecule has 3 saturated carbocycles. The molecule has 10 heteroatoms. The quantitative estimate of drug-likeness (QED) is 0.252. The molecule has 0 saturated heterocycles. The Morgan fingerprint density at radius 1 is 1.03 bits per heavy atom. The SMILES string of the molecule is O=C(CC12CCC(C(=O)I)(CC1)CC2)N1CCc2c(C(F)(F)F)nn(Cc3ccc(F)cc3)c2C1. The van der Waals surface area contributed by atoms with Gasteiger partial charge < -0.3 is 4.90 Å². The third kappa shape index (κ3) is 4.62. The Kier molecular flexibility index (Phi) is 6.24. The summed E-state index contributed by atoms with van der Waals surface area (Å²) < 4.78 is 55.9. The van der Waals surface area contributed by atoms with Gasteiger partial charge in [-0.3, -0.25) is 14.3 Å². The number of fused-ring (bicyclic) bond motifs is 4. The number of rotatable bonds is 5. The van der Waals surface area contributed by atoms with E-state index in [1.54, 1.807) is 4.90 Å². The average Bonchev–Trinajstić information content (AvgIpc) is 3.19. The molecule has 1 amide bonds. The number of alkyl halides is 3. The second kappa shape index (κ2) is 8.85. The molecular weight excluding hydrogens is 577 g/mol. The summed E-state index contributed by atoms with van der Waals surface area (Å²) >= 11 is 1.90. The summed E-state index contributed by atoms with van der Waals surface area (Å²) in [6, 6.07) is 5.57. The van der Waals surface area contributed by atoms with E-state index in [0.29, 0.717) is 17.7 Å². The molecule has 1 aromatic carbocycles. The van der Waals surface area contributed by atoms with Crippen LogP contribution in [0.5, 0.6) is 0 Å². The fourth-order valence-corrected chi connectivity index (χ4v) is 6.88. The van der Waals surface area contributed by atoms with Crippen molar-refractivity contribution in [2.45, 2.75) is 70.6 Å². The molecule has 1 aliphatic heterocycles. The molecular formula is C25H26F4IN3O2. The van der Waals surface area contributed by atoms with E-state index in [1.165, 1.54) is 28.9 Å². The maximum absolute atomic E-state index is 13.7. The van der Waals surface area contributed by atoms with E-state index in [1.807, 2.05) is 22.6 Å². The minimum absolute atomic E-state index is 0.0473. The highest BCUT2D eigenvalue weighted by molar-refractivity contribution is 14.1. The highest BCUT2D eigenvalue weighted by atomic mass is 127. The van der Waals surface area contributed by atoms with E-state index >= 15 is 0 Å². The van der Waals surface area contributed by atoms with Crippen molar-refractivity contribution in [2.24, 2.45) is 10.8 Å². The molecule has 4 aliphatic rings. The molecule has 35 heavy (non-hydrogen) atoms. The zero-order chi connectivity index (χ0) is 25.0. The Bertz CT molecular complexity index is 1130. The first-order valence-electron chi connectivity index (χ1n) is 11.9. The first-order valence-corrected chi connectivity index (χ1v) is 13.0. The number of aromatic nitrogens is 2. The number of benzene rings is 1. The van der Waals surface area contributed by atoms with Crippen LogP contribution in [-0.4, -0.2) is 30.9 Å². The van der Waals surface area contributed by atoms with E-state index in [0.717, 1.165) is 38.5 Å². The molecule has 2 heterocycles. The van der Waals surface area contributed by atoms with Crippen molar-refractivity contribution in [3.8, 4) is 0 Å². The number of nitrogens with zero attached hydrogens (tertiary/aromatic N) is 3. The third-order valence-electron chi connectivity index (χ3n) is 8.35. The fraction of sp³-hybridized carbons (Fsp3) is 0.560. The van der Waals surface area contributed by atoms with Crippen LogP contribution in [0.2, 0.25) is 0 Å². The van der Waals surface area contributed by atoms with Crippen molar-refractivity contribution in [1.29, 1.82) is 0 Å². The molecule has 0 atom stereocenters. The predicted molar refractivity (Wildman–Crippen MR) is 128 cm³/mol. The monoisotopic (exact) mass is 603 g/mol. The lowest BCUT2D eigenvalue weighted by molar-refractivity contribution is -0.142. The lowest BCUT2D eigenvalue weighted by Gasteiger charge is -2.52. The van der Waals surface area contributed by atoms with Gasteiger partial charge in [0.15, 0.2) is 9.48 Å². The van der Waals surface area contributed by atoms with Gasteiger partial charge in [0.25, 0.3) is 0 Å². The first kappa shape index (κ1) is 24.7. The van der Waals surface area contributed by atoms with Crippen molar-refractivity contribution in [1.82, 2.24) is 14.7 Å². The average molecular weight is 603 g/mol. The molecule has 0 unspecified atom stereocenters. The number of hydrogen-bond acceptors (Lipinski definition) is 3. The van der Waals surface area contributed by atoms with E-state index in [-0.39, 0.29) is 52.1 Å². The molecule has 2 aromatic rings. The third-order valence-corrected chi connectivity index (χ3v) is 9.49. The van der Waals surface area contributed by atoms with Gasteiger partial charge in [-0.05, 0) is 68.1 Å². The molecule has 2 bridgehead atoms. The highest BCUT2D eigenvalue weighted by Gasteiger charge is 2.52. The number of carbonyl (C=O) groups is 2. The van der Waals surface area contributed by atoms with Gasteiger partial charge in [0.05, 0.1) is 18.8 Å².